The molecule has 1 aromatic rings. The maximum atomic E-state index is 10.4. The van der Waals surface area contributed by atoms with Crippen LogP contribution in [-0.4, -0.2) is 51.5 Å². The Morgan fingerprint density at radius 1 is 1.43 bits per heavy atom. The highest BCUT2D eigenvalue weighted by atomic mass is 16.5. The predicted octanol–water partition coefficient (Wildman–Crippen LogP) is -0.102. The first-order chi connectivity index (χ1) is 10.1. The van der Waals surface area contributed by atoms with Gasteiger partial charge < -0.3 is 19.9 Å². The van der Waals surface area contributed by atoms with Crippen LogP contribution in [-0.2, 0) is 4.74 Å². The van der Waals surface area contributed by atoms with Gasteiger partial charge in [0.15, 0.2) is 0 Å². The minimum absolute atomic E-state index is 0.185. The van der Waals surface area contributed by atoms with Crippen molar-refractivity contribution >= 4 is 11.9 Å². The molecule has 9 nitrogen and oxygen atoms in total. The number of hydrogen-bond acceptors (Lipinski definition) is 9. The van der Waals surface area contributed by atoms with Gasteiger partial charge in [-0.25, -0.2) is 5.84 Å². The number of nitrogens with zero attached hydrogens (tertiary/aromatic N) is 3. The number of aromatic nitrogens is 3. The van der Waals surface area contributed by atoms with Gasteiger partial charge in [0.05, 0.1) is 12.7 Å². The average Bonchev–Trinajstić information content (AvgIpc) is 2.83. The van der Waals surface area contributed by atoms with Crippen LogP contribution in [0.4, 0.5) is 11.9 Å². The highest BCUT2D eigenvalue weighted by molar-refractivity contribution is 5.35. The molecule has 0 saturated carbocycles. The van der Waals surface area contributed by atoms with E-state index in [1.165, 1.54) is 0 Å². The molecule has 5 N–H and O–H groups in total. The summed E-state index contributed by atoms with van der Waals surface area (Å²) in [5.41, 5.74) is 1.42. The van der Waals surface area contributed by atoms with Crippen molar-refractivity contribution in [2.24, 2.45) is 5.84 Å². The lowest BCUT2D eigenvalue weighted by atomic mass is 9.97. The molecule has 0 radical (unpaired) electrons. The molecule has 2 unspecified atom stereocenters. The highest BCUT2D eigenvalue weighted by Gasteiger charge is 2.39. The van der Waals surface area contributed by atoms with Crippen LogP contribution in [0.1, 0.15) is 26.7 Å². The SMILES string of the molecule is CCCOc1nc(NN)nc(NCC2(O)CCOC2C)n1. The third-order valence-corrected chi connectivity index (χ3v) is 3.39. The minimum atomic E-state index is -0.937. The van der Waals surface area contributed by atoms with Gasteiger partial charge in [-0.3, -0.25) is 5.43 Å². The molecule has 1 saturated heterocycles. The van der Waals surface area contributed by atoms with Gasteiger partial charge in [-0.05, 0) is 13.3 Å². The molecule has 1 aliphatic rings. The zero-order valence-electron chi connectivity index (χ0n) is 12.3. The third kappa shape index (κ3) is 3.90. The highest BCUT2D eigenvalue weighted by Crippen LogP contribution is 2.25. The van der Waals surface area contributed by atoms with Crippen molar-refractivity contribution in [3.63, 3.8) is 0 Å². The molecule has 118 valence electrons. The average molecular weight is 298 g/mol. The molecule has 0 spiro atoms. The van der Waals surface area contributed by atoms with E-state index in [1.54, 1.807) is 0 Å². The van der Waals surface area contributed by atoms with Crippen molar-refractivity contribution in [3.05, 3.63) is 0 Å². The van der Waals surface area contributed by atoms with E-state index in [2.05, 4.69) is 25.7 Å². The molecule has 2 rings (SSSR count). The fourth-order valence-electron chi connectivity index (χ4n) is 1.99. The Hall–Kier alpha value is -1.71. The van der Waals surface area contributed by atoms with Crippen LogP contribution in [0.15, 0.2) is 0 Å². The summed E-state index contributed by atoms with van der Waals surface area (Å²) in [6.45, 7) is 5.14. The number of hydrazine groups is 1. The maximum Gasteiger partial charge on any atom is 0.323 e. The first-order valence-corrected chi connectivity index (χ1v) is 7.00. The molecule has 2 atom stereocenters. The van der Waals surface area contributed by atoms with Crippen molar-refractivity contribution in [1.29, 1.82) is 0 Å². The summed E-state index contributed by atoms with van der Waals surface area (Å²) in [4.78, 5) is 12.2. The van der Waals surface area contributed by atoms with Gasteiger partial charge in [-0.2, -0.15) is 15.0 Å². The summed E-state index contributed by atoms with van der Waals surface area (Å²) < 4.78 is 10.7. The summed E-state index contributed by atoms with van der Waals surface area (Å²) in [7, 11) is 0. The van der Waals surface area contributed by atoms with Crippen LogP contribution in [0.25, 0.3) is 0 Å². The smallest absolute Gasteiger partial charge is 0.323 e. The fourth-order valence-corrected chi connectivity index (χ4v) is 1.99. The largest absolute Gasteiger partial charge is 0.463 e. The molecule has 0 aromatic carbocycles. The van der Waals surface area contributed by atoms with E-state index in [0.29, 0.717) is 19.6 Å². The normalized spacial score (nSPS) is 24.9. The maximum absolute atomic E-state index is 10.4. The van der Waals surface area contributed by atoms with Crippen LogP contribution >= 0.6 is 0 Å². The molecular weight excluding hydrogens is 276 g/mol. The Morgan fingerprint density at radius 2 is 2.19 bits per heavy atom. The Kier molecular flexibility index (Phi) is 5.10. The first kappa shape index (κ1) is 15.7. The number of nitrogen functional groups attached to an aromatic ring is 1. The summed E-state index contributed by atoms with van der Waals surface area (Å²) in [6, 6.07) is 0.185. The number of nitrogens with one attached hydrogen (secondary N) is 2. The Labute approximate surface area is 123 Å². The van der Waals surface area contributed by atoms with Crippen LogP contribution in [0, 0.1) is 0 Å². The van der Waals surface area contributed by atoms with Gasteiger partial charge in [0.25, 0.3) is 0 Å². The Bertz CT molecular complexity index is 474. The Morgan fingerprint density at radius 3 is 2.81 bits per heavy atom. The van der Waals surface area contributed by atoms with Crippen molar-refractivity contribution in [3.8, 4) is 6.01 Å². The number of aliphatic hydroxyl groups is 1. The van der Waals surface area contributed by atoms with Gasteiger partial charge in [0.2, 0.25) is 11.9 Å². The van der Waals surface area contributed by atoms with Gasteiger partial charge in [-0.1, -0.05) is 6.92 Å². The molecule has 21 heavy (non-hydrogen) atoms. The second kappa shape index (κ2) is 6.83. The molecule has 0 aliphatic carbocycles. The Balaban J connectivity index is 2.04. The summed E-state index contributed by atoms with van der Waals surface area (Å²) in [5.74, 6) is 5.81. The van der Waals surface area contributed by atoms with E-state index in [-0.39, 0.29) is 30.6 Å². The molecular formula is C12H22N6O3. The lowest BCUT2D eigenvalue weighted by molar-refractivity contribution is -0.0177. The minimum Gasteiger partial charge on any atom is -0.463 e. The first-order valence-electron chi connectivity index (χ1n) is 7.00. The lowest BCUT2D eigenvalue weighted by Gasteiger charge is -2.26. The quantitative estimate of drug-likeness (QED) is 0.403. The standard InChI is InChI=1S/C12H22N6O3/c1-3-5-21-11-16-9(15-10(17-11)18-13)14-7-12(19)4-6-20-8(12)2/h8,19H,3-7,13H2,1-2H3,(H2,14,15,16,17,18). The van der Waals surface area contributed by atoms with Gasteiger partial charge in [-0.15, -0.1) is 0 Å². The molecule has 0 amide bonds. The number of hydrogen-bond donors (Lipinski definition) is 4. The van der Waals surface area contributed by atoms with Crippen molar-refractivity contribution in [2.75, 3.05) is 30.5 Å². The molecule has 1 fully saturated rings. The van der Waals surface area contributed by atoms with Crippen molar-refractivity contribution in [2.45, 2.75) is 38.4 Å². The monoisotopic (exact) mass is 298 g/mol. The predicted molar refractivity (Wildman–Crippen MR) is 76.9 cm³/mol. The zero-order chi connectivity index (χ0) is 15.3. The number of nitrogens with two attached hydrogens (primary N) is 1. The van der Waals surface area contributed by atoms with E-state index in [0.717, 1.165) is 6.42 Å². The van der Waals surface area contributed by atoms with Gasteiger partial charge >= 0.3 is 6.01 Å². The molecule has 2 heterocycles. The zero-order valence-corrected chi connectivity index (χ0v) is 12.3. The van der Waals surface area contributed by atoms with E-state index >= 15 is 0 Å². The number of anilines is 2. The van der Waals surface area contributed by atoms with Crippen LogP contribution in [0.2, 0.25) is 0 Å². The van der Waals surface area contributed by atoms with E-state index in [1.807, 2.05) is 13.8 Å². The van der Waals surface area contributed by atoms with Crippen molar-refractivity contribution in [1.82, 2.24) is 15.0 Å². The lowest BCUT2D eigenvalue weighted by Crippen LogP contribution is -2.43. The van der Waals surface area contributed by atoms with Gasteiger partial charge in [0, 0.05) is 19.6 Å². The topological polar surface area (TPSA) is 127 Å². The van der Waals surface area contributed by atoms with E-state index < -0.39 is 5.60 Å². The number of ether oxygens (including phenoxy) is 2. The number of rotatable bonds is 7. The molecule has 1 aromatic heterocycles. The van der Waals surface area contributed by atoms with Gasteiger partial charge in [0.1, 0.15) is 5.60 Å². The second-order valence-corrected chi connectivity index (χ2v) is 4.98. The summed E-state index contributed by atoms with van der Waals surface area (Å²) >= 11 is 0. The van der Waals surface area contributed by atoms with Crippen LogP contribution < -0.4 is 21.3 Å². The molecule has 1 aliphatic heterocycles. The molecule has 0 bridgehead atoms. The molecule has 9 heteroatoms. The summed E-state index contributed by atoms with van der Waals surface area (Å²) in [5, 5.41) is 13.4. The summed E-state index contributed by atoms with van der Waals surface area (Å²) in [6.07, 6.45) is 1.16. The fraction of sp³-hybridized carbons (Fsp3) is 0.750. The third-order valence-electron chi connectivity index (χ3n) is 3.39. The van der Waals surface area contributed by atoms with Crippen molar-refractivity contribution < 1.29 is 14.6 Å². The van der Waals surface area contributed by atoms with E-state index in [9.17, 15) is 5.11 Å². The second-order valence-electron chi connectivity index (χ2n) is 4.98. The van der Waals surface area contributed by atoms with Crippen LogP contribution in [0.5, 0.6) is 6.01 Å². The van der Waals surface area contributed by atoms with E-state index in [4.69, 9.17) is 15.3 Å². The van der Waals surface area contributed by atoms with Crippen LogP contribution in [0.3, 0.4) is 0 Å².